The lowest BCUT2D eigenvalue weighted by molar-refractivity contribution is -0.115. The number of nitriles is 1. The highest BCUT2D eigenvalue weighted by Crippen LogP contribution is 2.39. The van der Waals surface area contributed by atoms with Gasteiger partial charge in [-0.15, -0.1) is 0 Å². The summed E-state index contributed by atoms with van der Waals surface area (Å²) >= 11 is 1.26. The van der Waals surface area contributed by atoms with Gasteiger partial charge in [0.15, 0.2) is 11.5 Å². The lowest BCUT2D eigenvalue weighted by atomic mass is 9.98. The van der Waals surface area contributed by atoms with Crippen LogP contribution in [0.1, 0.15) is 23.6 Å². The van der Waals surface area contributed by atoms with Gasteiger partial charge >= 0.3 is 0 Å². The van der Waals surface area contributed by atoms with Crippen molar-refractivity contribution >= 4 is 23.4 Å². The molecule has 192 valence electrons. The number of benzene rings is 3. The minimum atomic E-state index is -0.498. The number of aryl methyl sites for hydroxylation is 2. The van der Waals surface area contributed by atoms with Crippen LogP contribution in [0.5, 0.6) is 11.5 Å². The Morgan fingerprint density at radius 3 is 2.11 bits per heavy atom. The van der Waals surface area contributed by atoms with E-state index in [1.54, 1.807) is 14.2 Å². The summed E-state index contributed by atoms with van der Waals surface area (Å²) in [6.07, 6.45) is 0. The van der Waals surface area contributed by atoms with E-state index in [-0.39, 0.29) is 5.91 Å². The molecule has 7 heteroatoms. The summed E-state index contributed by atoms with van der Waals surface area (Å²) in [5, 5.41) is 13.2. The first-order valence-corrected chi connectivity index (χ1v) is 13.0. The number of nitrogens with zero attached hydrogens (tertiary/aromatic N) is 2. The molecular formula is C31H29N3O3S. The molecule has 6 nitrogen and oxygen atoms in total. The van der Waals surface area contributed by atoms with Crippen molar-refractivity contribution in [2.24, 2.45) is 0 Å². The molecule has 0 aliphatic heterocycles. The first-order chi connectivity index (χ1) is 18.3. The Hall–Kier alpha value is -4.28. The molecule has 1 aromatic heterocycles. The molecule has 1 amide bonds. The largest absolute Gasteiger partial charge is 0.493 e. The highest BCUT2D eigenvalue weighted by atomic mass is 32.2. The van der Waals surface area contributed by atoms with Crippen LogP contribution >= 0.6 is 11.8 Å². The number of pyridine rings is 1. The standard InChI is InChI=1S/C31H29N3O3S/c1-19-6-10-22(11-7-19)27-17-25(23-12-15-28(36-4)29(16-23)37-5)26(18-32)31(34-27)38-21(3)30(35)33-24-13-8-20(2)9-14-24/h6-17,21H,1-5H3,(H,33,35)/t21-/m1/s1. The third-order valence-corrected chi connectivity index (χ3v) is 7.20. The Labute approximate surface area is 227 Å². The molecule has 0 aliphatic carbocycles. The molecule has 0 bridgehead atoms. The Morgan fingerprint density at radius 2 is 1.50 bits per heavy atom. The second-order valence-electron chi connectivity index (χ2n) is 8.90. The van der Waals surface area contributed by atoms with E-state index in [1.165, 1.54) is 11.8 Å². The van der Waals surface area contributed by atoms with Gasteiger partial charge in [0.2, 0.25) is 5.91 Å². The average Bonchev–Trinajstić information content (AvgIpc) is 2.93. The smallest absolute Gasteiger partial charge is 0.237 e. The third kappa shape index (κ3) is 5.99. The van der Waals surface area contributed by atoms with E-state index in [2.05, 4.69) is 11.4 Å². The maximum Gasteiger partial charge on any atom is 0.237 e. The van der Waals surface area contributed by atoms with Crippen LogP contribution in [0.4, 0.5) is 5.69 Å². The first kappa shape index (κ1) is 26.8. The molecule has 4 aromatic rings. The maximum atomic E-state index is 13.0. The van der Waals surface area contributed by atoms with Crippen LogP contribution in [0.3, 0.4) is 0 Å². The molecule has 0 unspecified atom stereocenters. The molecule has 1 N–H and O–H groups in total. The van der Waals surface area contributed by atoms with Crippen molar-refractivity contribution in [3.8, 4) is 40.0 Å². The van der Waals surface area contributed by atoms with Crippen LogP contribution in [-0.2, 0) is 4.79 Å². The van der Waals surface area contributed by atoms with Crippen molar-refractivity contribution in [2.75, 3.05) is 19.5 Å². The fraction of sp³-hybridized carbons (Fsp3) is 0.194. The fourth-order valence-electron chi connectivity index (χ4n) is 3.92. The van der Waals surface area contributed by atoms with Crippen molar-refractivity contribution in [3.63, 3.8) is 0 Å². The number of methoxy groups -OCH3 is 2. The number of thioether (sulfide) groups is 1. The highest BCUT2D eigenvalue weighted by Gasteiger charge is 2.22. The number of anilines is 1. The third-order valence-electron chi connectivity index (χ3n) is 6.12. The van der Waals surface area contributed by atoms with Gasteiger partial charge in [-0.3, -0.25) is 4.79 Å². The molecule has 38 heavy (non-hydrogen) atoms. The van der Waals surface area contributed by atoms with E-state index >= 15 is 0 Å². The Morgan fingerprint density at radius 1 is 0.895 bits per heavy atom. The van der Waals surface area contributed by atoms with Gasteiger partial charge in [-0.1, -0.05) is 65.4 Å². The zero-order valence-electron chi connectivity index (χ0n) is 22.0. The number of carbonyl (C=O) groups excluding carboxylic acids is 1. The molecule has 0 fully saturated rings. The number of amides is 1. The summed E-state index contributed by atoms with van der Waals surface area (Å²) in [5.41, 5.74) is 6.49. The molecule has 0 radical (unpaired) electrons. The second kappa shape index (κ2) is 11.8. The van der Waals surface area contributed by atoms with Crippen molar-refractivity contribution in [1.82, 2.24) is 4.98 Å². The van der Waals surface area contributed by atoms with Gasteiger partial charge in [-0.05, 0) is 56.7 Å². The van der Waals surface area contributed by atoms with Crippen molar-refractivity contribution < 1.29 is 14.3 Å². The van der Waals surface area contributed by atoms with Crippen LogP contribution in [0.15, 0.2) is 77.8 Å². The molecule has 4 rings (SSSR count). The maximum absolute atomic E-state index is 13.0. The molecule has 0 saturated heterocycles. The van der Waals surface area contributed by atoms with Gasteiger partial charge in [0.25, 0.3) is 0 Å². The summed E-state index contributed by atoms with van der Waals surface area (Å²) in [6.45, 7) is 5.84. The van der Waals surface area contributed by atoms with Crippen LogP contribution < -0.4 is 14.8 Å². The molecule has 1 atom stereocenters. The highest BCUT2D eigenvalue weighted by molar-refractivity contribution is 8.00. The average molecular weight is 524 g/mol. The van der Waals surface area contributed by atoms with E-state index < -0.39 is 5.25 Å². The Bertz CT molecular complexity index is 1490. The SMILES string of the molecule is COc1ccc(-c2cc(-c3ccc(C)cc3)nc(S[C@H](C)C(=O)Nc3ccc(C)cc3)c2C#N)cc1OC. The van der Waals surface area contributed by atoms with E-state index in [0.717, 1.165) is 27.9 Å². The number of rotatable bonds is 8. The van der Waals surface area contributed by atoms with Gasteiger partial charge in [0.1, 0.15) is 11.1 Å². The number of ether oxygens (including phenoxy) is 2. The summed E-state index contributed by atoms with van der Waals surface area (Å²) in [7, 11) is 3.16. The molecular weight excluding hydrogens is 494 g/mol. The van der Waals surface area contributed by atoms with Gasteiger partial charge in [0, 0.05) is 16.8 Å². The number of hydrogen-bond acceptors (Lipinski definition) is 6. The van der Waals surface area contributed by atoms with Crippen molar-refractivity contribution in [1.29, 1.82) is 5.26 Å². The van der Waals surface area contributed by atoms with Gasteiger partial charge in [-0.25, -0.2) is 4.98 Å². The summed E-state index contributed by atoms with van der Waals surface area (Å²) in [4.78, 5) is 17.9. The van der Waals surface area contributed by atoms with Crippen LogP contribution in [0.25, 0.3) is 22.4 Å². The quantitative estimate of drug-likeness (QED) is 0.249. The van der Waals surface area contributed by atoms with E-state index in [4.69, 9.17) is 14.5 Å². The number of carbonyl (C=O) groups is 1. The topological polar surface area (TPSA) is 84.2 Å². The predicted octanol–water partition coefficient (Wildman–Crippen LogP) is 7.04. The zero-order chi connectivity index (χ0) is 27.2. The van der Waals surface area contributed by atoms with Crippen molar-refractivity contribution in [3.05, 3.63) is 89.5 Å². The molecule has 1 heterocycles. The van der Waals surface area contributed by atoms with E-state index in [9.17, 15) is 10.1 Å². The van der Waals surface area contributed by atoms with Crippen molar-refractivity contribution in [2.45, 2.75) is 31.0 Å². The number of aromatic nitrogens is 1. The number of hydrogen-bond donors (Lipinski definition) is 1. The summed E-state index contributed by atoms with van der Waals surface area (Å²) in [6, 6.07) is 25.5. The lowest BCUT2D eigenvalue weighted by Gasteiger charge is -2.17. The first-order valence-electron chi connectivity index (χ1n) is 12.1. The van der Waals surface area contributed by atoms with Crippen LogP contribution in [-0.4, -0.2) is 30.4 Å². The minimum absolute atomic E-state index is 0.169. The van der Waals surface area contributed by atoms with Gasteiger partial charge < -0.3 is 14.8 Å². The monoisotopic (exact) mass is 523 g/mol. The summed E-state index contributed by atoms with van der Waals surface area (Å²) in [5.74, 6) is 0.985. The molecule has 3 aromatic carbocycles. The number of nitrogens with one attached hydrogen (secondary N) is 1. The summed E-state index contributed by atoms with van der Waals surface area (Å²) < 4.78 is 10.9. The Balaban J connectivity index is 1.77. The predicted molar refractivity (Wildman–Crippen MR) is 153 cm³/mol. The van der Waals surface area contributed by atoms with Gasteiger partial charge in [-0.2, -0.15) is 5.26 Å². The minimum Gasteiger partial charge on any atom is -0.493 e. The Kier molecular flexibility index (Phi) is 8.35. The molecule has 0 aliphatic rings. The lowest BCUT2D eigenvalue weighted by Crippen LogP contribution is -2.22. The zero-order valence-corrected chi connectivity index (χ0v) is 22.8. The normalized spacial score (nSPS) is 11.4. The van der Waals surface area contributed by atoms with Crippen LogP contribution in [0.2, 0.25) is 0 Å². The van der Waals surface area contributed by atoms with E-state index in [1.807, 2.05) is 93.6 Å². The van der Waals surface area contributed by atoms with E-state index in [0.29, 0.717) is 33.3 Å². The fourth-order valence-corrected chi connectivity index (χ4v) is 4.85. The second-order valence-corrected chi connectivity index (χ2v) is 10.2. The van der Waals surface area contributed by atoms with Gasteiger partial charge in [0.05, 0.1) is 30.7 Å². The molecule has 0 saturated carbocycles. The molecule has 0 spiro atoms. The van der Waals surface area contributed by atoms with Crippen LogP contribution in [0, 0.1) is 25.2 Å².